The summed E-state index contributed by atoms with van der Waals surface area (Å²) < 4.78 is 2.66. The van der Waals surface area contributed by atoms with Gasteiger partial charge in [0.05, 0.1) is 11.4 Å². The Labute approximate surface area is 306 Å². The molecule has 0 fully saturated rings. The smallest absolute Gasteiger partial charge is 0.238 e. The van der Waals surface area contributed by atoms with Crippen molar-refractivity contribution in [2.45, 2.75) is 12.8 Å². The second-order valence-electron chi connectivity index (χ2n) is 13.2. The number of thiophene rings is 1. The SMILES string of the molecule is c1ccc(-c2nc(-c3ccccc3)nc(N3c4ccccc4CCc4cc(-c5ccc(-c6ccc7sc8ccccc8c7c6)cc5)ccc43)n2)cc1. The molecule has 0 radical (unpaired) electrons. The van der Waals surface area contributed by atoms with Gasteiger partial charge in [0.15, 0.2) is 11.6 Å². The average molecular weight is 685 g/mol. The minimum Gasteiger partial charge on any atom is -0.279 e. The van der Waals surface area contributed by atoms with E-state index in [9.17, 15) is 0 Å². The summed E-state index contributed by atoms with van der Waals surface area (Å²) in [6.07, 6.45) is 1.83. The van der Waals surface area contributed by atoms with Crippen LogP contribution < -0.4 is 4.90 Å². The number of rotatable bonds is 5. The fourth-order valence-electron chi connectivity index (χ4n) is 7.40. The van der Waals surface area contributed by atoms with Crippen molar-refractivity contribution in [1.82, 2.24) is 15.0 Å². The van der Waals surface area contributed by atoms with Crippen LogP contribution in [0.25, 0.3) is 65.2 Å². The van der Waals surface area contributed by atoms with E-state index in [4.69, 9.17) is 15.0 Å². The first kappa shape index (κ1) is 30.4. The number of benzene rings is 7. The molecule has 3 heterocycles. The Morgan fingerprint density at radius 2 is 0.923 bits per heavy atom. The lowest BCUT2D eigenvalue weighted by atomic mass is 9.96. The topological polar surface area (TPSA) is 41.9 Å². The first-order valence-electron chi connectivity index (χ1n) is 17.7. The van der Waals surface area contributed by atoms with Gasteiger partial charge in [-0.2, -0.15) is 9.97 Å². The van der Waals surface area contributed by atoms with Crippen LogP contribution >= 0.6 is 11.3 Å². The van der Waals surface area contributed by atoms with E-state index in [0.717, 1.165) is 35.3 Å². The molecule has 5 heteroatoms. The van der Waals surface area contributed by atoms with Crippen molar-refractivity contribution in [3.63, 3.8) is 0 Å². The fraction of sp³-hybridized carbons (Fsp3) is 0.0426. The van der Waals surface area contributed by atoms with Crippen LogP contribution in [-0.2, 0) is 12.8 Å². The number of fused-ring (bicyclic) bond motifs is 5. The molecule has 0 atom stereocenters. The molecule has 1 aliphatic heterocycles. The van der Waals surface area contributed by atoms with Gasteiger partial charge in [-0.3, -0.25) is 4.90 Å². The van der Waals surface area contributed by atoms with E-state index < -0.39 is 0 Å². The molecule has 1 aliphatic rings. The molecule has 10 rings (SSSR count). The number of aryl methyl sites for hydroxylation is 2. The van der Waals surface area contributed by atoms with Gasteiger partial charge < -0.3 is 0 Å². The van der Waals surface area contributed by atoms with Gasteiger partial charge in [-0.25, -0.2) is 4.98 Å². The lowest BCUT2D eigenvalue weighted by molar-refractivity contribution is 0.978. The maximum atomic E-state index is 5.15. The zero-order valence-corrected chi connectivity index (χ0v) is 29.1. The van der Waals surface area contributed by atoms with Crippen molar-refractivity contribution in [2.75, 3.05) is 4.90 Å². The third-order valence-corrected chi connectivity index (χ3v) is 11.2. The van der Waals surface area contributed by atoms with Crippen LogP contribution in [0.4, 0.5) is 17.3 Å². The highest BCUT2D eigenvalue weighted by molar-refractivity contribution is 7.25. The standard InChI is InChI=1S/C47H32N4S/c1-3-12-34(13-4-1)45-48-46(35-14-5-2-6-15-35)50-47(49-45)51-41-17-9-7-11-33(41)23-24-38-29-36(25-27-42(38)51)31-19-21-32(22-20-31)37-26-28-44-40(30-37)39-16-8-10-18-43(39)52-44/h1-22,25-30H,23-24H2. The molecule has 9 aromatic rings. The number of nitrogens with zero attached hydrogens (tertiary/aromatic N) is 4. The van der Waals surface area contributed by atoms with E-state index in [2.05, 4.69) is 138 Å². The Morgan fingerprint density at radius 3 is 1.65 bits per heavy atom. The number of hydrogen-bond donors (Lipinski definition) is 0. The van der Waals surface area contributed by atoms with Gasteiger partial charge in [0.1, 0.15) is 0 Å². The van der Waals surface area contributed by atoms with E-state index in [0.29, 0.717) is 17.6 Å². The van der Waals surface area contributed by atoms with Crippen LogP contribution in [-0.4, -0.2) is 15.0 Å². The molecular formula is C47H32N4S. The van der Waals surface area contributed by atoms with Crippen molar-refractivity contribution in [3.05, 3.63) is 181 Å². The van der Waals surface area contributed by atoms with Crippen LogP contribution in [0.2, 0.25) is 0 Å². The summed E-state index contributed by atoms with van der Waals surface area (Å²) in [5.41, 5.74) is 11.5. The Bertz CT molecular complexity index is 2680. The zero-order valence-electron chi connectivity index (χ0n) is 28.3. The summed E-state index contributed by atoms with van der Waals surface area (Å²) in [5, 5.41) is 2.65. The Balaban J connectivity index is 1.06. The molecule has 0 bridgehead atoms. The van der Waals surface area contributed by atoms with Crippen LogP contribution in [0.5, 0.6) is 0 Å². The van der Waals surface area contributed by atoms with Gasteiger partial charge >= 0.3 is 0 Å². The highest BCUT2D eigenvalue weighted by Crippen LogP contribution is 2.43. The summed E-state index contributed by atoms with van der Waals surface area (Å²) >= 11 is 1.86. The molecule has 0 unspecified atom stereocenters. The highest BCUT2D eigenvalue weighted by atomic mass is 32.1. The second-order valence-corrected chi connectivity index (χ2v) is 14.3. The van der Waals surface area contributed by atoms with Gasteiger partial charge in [-0.05, 0) is 82.6 Å². The number of para-hydroxylation sites is 1. The predicted octanol–water partition coefficient (Wildman–Crippen LogP) is 12.5. The molecular weight excluding hydrogens is 653 g/mol. The van der Waals surface area contributed by atoms with Gasteiger partial charge in [-0.1, -0.05) is 133 Å². The summed E-state index contributed by atoms with van der Waals surface area (Å²) in [7, 11) is 0. The Hall–Kier alpha value is -6.43. The molecule has 4 nitrogen and oxygen atoms in total. The molecule has 7 aromatic carbocycles. The molecule has 2 aromatic heterocycles. The minimum absolute atomic E-state index is 0.607. The van der Waals surface area contributed by atoms with E-state index in [-0.39, 0.29) is 0 Å². The molecule has 246 valence electrons. The Kier molecular flexibility index (Phi) is 7.43. The number of anilines is 3. The van der Waals surface area contributed by atoms with E-state index in [1.807, 2.05) is 47.7 Å². The van der Waals surface area contributed by atoms with E-state index >= 15 is 0 Å². The third-order valence-electron chi connectivity index (χ3n) is 10.0. The molecule has 0 N–H and O–H groups in total. The summed E-state index contributed by atoms with van der Waals surface area (Å²) in [6.45, 7) is 0. The van der Waals surface area contributed by atoms with Crippen molar-refractivity contribution < 1.29 is 0 Å². The molecule has 0 saturated heterocycles. The van der Waals surface area contributed by atoms with E-state index in [1.165, 1.54) is 53.6 Å². The van der Waals surface area contributed by atoms with Crippen LogP contribution in [0.1, 0.15) is 11.1 Å². The van der Waals surface area contributed by atoms with Gasteiger partial charge in [0.25, 0.3) is 0 Å². The molecule has 0 saturated carbocycles. The zero-order chi connectivity index (χ0) is 34.4. The number of hydrogen-bond acceptors (Lipinski definition) is 5. The average Bonchev–Trinajstić information content (AvgIpc) is 3.50. The van der Waals surface area contributed by atoms with Crippen molar-refractivity contribution in [3.8, 4) is 45.0 Å². The first-order valence-corrected chi connectivity index (χ1v) is 18.5. The van der Waals surface area contributed by atoms with Crippen molar-refractivity contribution in [2.24, 2.45) is 0 Å². The maximum Gasteiger partial charge on any atom is 0.238 e. The van der Waals surface area contributed by atoms with E-state index in [1.54, 1.807) is 0 Å². The third kappa shape index (κ3) is 5.43. The second kappa shape index (κ2) is 12.7. The van der Waals surface area contributed by atoms with Crippen molar-refractivity contribution in [1.29, 1.82) is 0 Å². The first-order chi connectivity index (χ1) is 25.7. The van der Waals surface area contributed by atoms with Crippen LogP contribution in [0, 0.1) is 0 Å². The predicted molar refractivity (Wildman–Crippen MR) is 217 cm³/mol. The largest absolute Gasteiger partial charge is 0.279 e. The maximum absolute atomic E-state index is 5.15. The summed E-state index contributed by atoms with van der Waals surface area (Å²) in [4.78, 5) is 17.5. The molecule has 0 amide bonds. The molecule has 0 spiro atoms. The van der Waals surface area contributed by atoms with Crippen LogP contribution in [0.15, 0.2) is 170 Å². The number of aromatic nitrogens is 3. The molecule has 52 heavy (non-hydrogen) atoms. The van der Waals surface area contributed by atoms with Gasteiger partial charge in [0.2, 0.25) is 5.95 Å². The molecule has 0 aliphatic carbocycles. The quantitative estimate of drug-likeness (QED) is 0.181. The monoisotopic (exact) mass is 684 g/mol. The van der Waals surface area contributed by atoms with Gasteiger partial charge in [-0.15, -0.1) is 11.3 Å². The lowest BCUT2D eigenvalue weighted by Crippen LogP contribution is -2.16. The normalized spacial score (nSPS) is 12.4. The summed E-state index contributed by atoms with van der Waals surface area (Å²) in [6, 6.07) is 60.3. The summed E-state index contributed by atoms with van der Waals surface area (Å²) in [5.74, 6) is 1.90. The highest BCUT2D eigenvalue weighted by Gasteiger charge is 2.26. The van der Waals surface area contributed by atoms with Crippen molar-refractivity contribution >= 4 is 48.8 Å². The lowest BCUT2D eigenvalue weighted by Gasteiger charge is -2.26. The van der Waals surface area contributed by atoms with Gasteiger partial charge in [0, 0.05) is 31.3 Å². The fourth-order valence-corrected chi connectivity index (χ4v) is 8.48. The Morgan fingerprint density at radius 1 is 0.385 bits per heavy atom. The van der Waals surface area contributed by atoms with Crippen LogP contribution in [0.3, 0.4) is 0 Å². The minimum atomic E-state index is 0.607.